The lowest BCUT2D eigenvalue weighted by atomic mass is 9.95. The number of halogens is 1. The summed E-state index contributed by atoms with van der Waals surface area (Å²) in [5.41, 5.74) is 0.118. The van der Waals surface area contributed by atoms with Crippen molar-refractivity contribution < 1.29 is 4.74 Å². The lowest BCUT2D eigenvalue weighted by molar-refractivity contribution is -0.0295. The predicted octanol–water partition coefficient (Wildman–Crippen LogP) is 3.32. The molecule has 0 bridgehead atoms. The minimum absolute atomic E-state index is 0.146. The van der Waals surface area contributed by atoms with E-state index in [4.69, 9.17) is 4.74 Å². The summed E-state index contributed by atoms with van der Waals surface area (Å²) in [6.07, 6.45) is 1.53. The van der Waals surface area contributed by atoms with E-state index >= 15 is 0 Å². The van der Waals surface area contributed by atoms with E-state index in [0.29, 0.717) is 10.3 Å². The summed E-state index contributed by atoms with van der Waals surface area (Å²) in [4.78, 5) is 19.4. The first kappa shape index (κ1) is 15.4. The Bertz CT molecular complexity index is 456. The fraction of sp³-hybridized carbons (Fsp3) is 0.692. The first-order valence-electron chi connectivity index (χ1n) is 6.27. The Balaban J connectivity index is 3.47. The van der Waals surface area contributed by atoms with E-state index in [1.54, 1.807) is 7.11 Å². The van der Waals surface area contributed by atoms with Crippen molar-refractivity contribution in [3.05, 3.63) is 26.3 Å². The number of ether oxygens (including phenoxy) is 1. The highest BCUT2D eigenvalue weighted by atomic mass is 79.9. The third-order valence-corrected chi connectivity index (χ3v) is 4.17. The summed E-state index contributed by atoms with van der Waals surface area (Å²) in [5.74, 6) is 0.801. The maximum Gasteiger partial charge on any atom is 0.265 e. The van der Waals surface area contributed by atoms with Crippen LogP contribution in [0.5, 0.6) is 0 Å². The topological polar surface area (TPSA) is 55.0 Å². The Kier molecular flexibility index (Phi) is 5.10. The van der Waals surface area contributed by atoms with Crippen molar-refractivity contribution in [3.63, 3.8) is 0 Å². The monoisotopic (exact) mass is 316 g/mol. The van der Waals surface area contributed by atoms with Gasteiger partial charge in [-0.15, -0.1) is 0 Å². The van der Waals surface area contributed by atoms with Crippen molar-refractivity contribution >= 4 is 15.9 Å². The second-order valence-corrected chi connectivity index (χ2v) is 5.47. The number of aromatic amines is 1. The third-order valence-electron chi connectivity index (χ3n) is 3.40. The van der Waals surface area contributed by atoms with Crippen LogP contribution in [0.15, 0.2) is 9.27 Å². The second kappa shape index (κ2) is 5.97. The number of hydrogen-bond donors (Lipinski definition) is 1. The van der Waals surface area contributed by atoms with Gasteiger partial charge < -0.3 is 9.72 Å². The van der Waals surface area contributed by atoms with Crippen LogP contribution in [0.1, 0.15) is 58.0 Å². The zero-order valence-corrected chi connectivity index (χ0v) is 13.2. The van der Waals surface area contributed by atoms with Gasteiger partial charge in [-0.25, -0.2) is 4.98 Å². The van der Waals surface area contributed by atoms with E-state index in [-0.39, 0.29) is 11.5 Å². The Hall–Kier alpha value is -0.680. The molecule has 1 aromatic rings. The Labute approximate surface area is 116 Å². The van der Waals surface area contributed by atoms with Gasteiger partial charge in [0.05, 0.1) is 5.69 Å². The highest BCUT2D eigenvalue weighted by Gasteiger charge is 2.32. The van der Waals surface area contributed by atoms with E-state index in [1.165, 1.54) is 0 Å². The van der Waals surface area contributed by atoms with Gasteiger partial charge in [0.15, 0.2) is 0 Å². The highest BCUT2D eigenvalue weighted by Crippen LogP contribution is 2.30. The van der Waals surface area contributed by atoms with Gasteiger partial charge in [-0.1, -0.05) is 27.7 Å². The molecule has 0 atom stereocenters. The number of nitrogens with one attached hydrogen (secondary N) is 1. The van der Waals surface area contributed by atoms with Crippen molar-refractivity contribution in [2.45, 2.75) is 52.1 Å². The van der Waals surface area contributed by atoms with Crippen molar-refractivity contribution in [1.29, 1.82) is 0 Å². The van der Waals surface area contributed by atoms with Gasteiger partial charge in [-0.05, 0) is 34.7 Å². The SMILES string of the molecule is CCC(CC)(OC)c1nc(C(C)C)c(Br)c(=O)[nH]1. The molecule has 1 N–H and O–H groups in total. The number of H-pyrrole nitrogens is 1. The first-order chi connectivity index (χ1) is 8.41. The summed E-state index contributed by atoms with van der Waals surface area (Å²) >= 11 is 3.30. The van der Waals surface area contributed by atoms with Crippen molar-refractivity contribution in [3.8, 4) is 0 Å². The lowest BCUT2D eigenvalue weighted by Crippen LogP contribution is -2.33. The molecule has 18 heavy (non-hydrogen) atoms. The largest absolute Gasteiger partial charge is 0.370 e. The molecule has 0 saturated heterocycles. The fourth-order valence-electron chi connectivity index (χ4n) is 2.04. The highest BCUT2D eigenvalue weighted by molar-refractivity contribution is 9.10. The van der Waals surface area contributed by atoms with Crippen LogP contribution in [0.25, 0.3) is 0 Å². The molecule has 0 unspecified atom stereocenters. The van der Waals surface area contributed by atoms with Gasteiger partial charge in [-0.2, -0.15) is 0 Å². The molecule has 0 aliphatic carbocycles. The van der Waals surface area contributed by atoms with Gasteiger partial charge >= 0.3 is 0 Å². The Morgan fingerprint density at radius 1 is 1.39 bits per heavy atom. The number of rotatable bonds is 5. The van der Waals surface area contributed by atoms with Crippen LogP contribution in [0.2, 0.25) is 0 Å². The summed E-state index contributed by atoms with van der Waals surface area (Å²) in [7, 11) is 1.66. The molecule has 0 spiro atoms. The summed E-state index contributed by atoms with van der Waals surface area (Å²) in [5, 5.41) is 0. The normalized spacial score (nSPS) is 12.2. The van der Waals surface area contributed by atoms with Crippen LogP contribution in [-0.2, 0) is 10.3 Å². The van der Waals surface area contributed by atoms with Crippen molar-refractivity contribution in [2.24, 2.45) is 0 Å². The fourth-order valence-corrected chi connectivity index (χ4v) is 2.69. The molecule has 0 radical (unpaired) electrons. The third kappa shape index (κ3) is 2.67. The standard InChI is InChI=1S/C13H21BrN2O2/c1-6-13(7-2,18-5)12-15-10(8(3)4)9(14)11(17)16-12/h8H,6-7H2,1-5H3,(H,15,16,17). The molecular weight excluding hydrogens is 296 g/mol. The minimum Gasteiger partial charge on any atom is -0.370 e. The van der Waals surface area contributed by atoms with Crippen LogP contribution in [-0.4, -0.2) is 17.1 Å². The predicted molar refractivity (Wildman–Crippen MR) is 75.9 cm³/mol. The molecule has 0 saturated carbocycles. The molecule has 1 heterocycles. The van der Waals surface area contributed by atoms with E-state index in [0.717, 1.165) is 18.5 Å². The van der Waals surface area contributed by atoms with Gasteiger partial charge in [-0.3, -0.25) is 4.79 Å². The van der Waals surface area contributed by atoms with Crippen molar-refractivity contribution in [1.82, 2.24) is 9.97 Å². The van der Waals surface area contributed by atoms with E-state index < -0.39 is 5.60 Å². The zero-order chi connectivity index (χ0) is 13.9. The molecule has 0 aliphatic rings. The minimum atomic E-state index is -0.510. The molecule has 1 aromatic heterocycles. The number of nitrogens with zero attached hydrogens (tertiary/aromatic N) is 1. The van der Waals surface area contributed by atoms with Crippen LogP contribution in [0.4, 0.5) is 0 Å². The zero-order valence-electron chi connectivity index (χ0n) is 11.6. The molecule has 0 amide bonds. The van der Waals surface area contributed by atoms with E-state index in [2.05, 4.69) is 25.9 Å². The lowest BCUT2D eigenvalue weighted by Gasteiger charge is -2.29. The first-order valence-corrected chi connectivity index (χ1v) is 7.06. The van der Waals surface area contributed by atoms with E-state index in [9.17, 15) is 4.79 Å². The molecule has 0 aliphatic heterocycles. The average Bonchev–Trinajstić information content (AvgIpc) is 2.35. The average molecular weight is 317 g/mol. The second-order valence-electron chi connectivity index (χ2n) is 4.67. The molecule has 0 aromatic carbocycles. The summed E-state index contributed by atoms with van der Waals surface area (Å²) in [6.45, 7) is 8.10. The molecule has 5 heteroatoms. The number of methoxy groups -OCH3 is 1. The molecular formula is C13H21BrN2O2. The molecule has 102 valence electrons. The van der Waals surface area contributed by atoms with Crippen LogP contribution >= 0.6 is 15.9 Å². The van der Waals surface area contributed by atoms with Gasteiger partial charge in [0.25, 0.3) is 5.56 Å². The van der Waals surface area contributed by atoms with Crippen LogP contribution in [0, 0.1) is 0 Å². The summed E-state index contributed by atoms with van der Waals surface area (Å²) < 4.78 is 6.12. The Morgan fingerprint density at radius 3 is 2.33 bits per heavy atom. The Morgan fingerprint density at radius 2 is 1.94 bits per heavy atom. The van der Waals surface area contributed by atoms with Gasteiger partial charge in [0, 0.05) is 7.11 Å². The van der Waals surface area contributed by atoms with Gasteiger partial charge in [0.2, 0.25) is 0 Å². The maximum absolute atomic E-state index is 12.0. The van der Waals surface area contributed by atoms with Crippen LogP contribution in [0.3, 0.4) is 0 Å². The maximum atomic E-state index is 12.0. The summed E-state index contributed by atoms with van der Waals surface area (Å²) in [6, 6.07) is 0. The smallest absolute Gasteiger partial charge is 0.265 e. The number of hydrogen-bond acceptors (Lipinski definition) is 3. The molecule has 4 nitrogen and oxygen atoms in total. The number of aromatic nitrogens is 2. The van der Waals surface area contributed by atoms with E-state index in [1.807, 2.05) is 27.7 Å². The van der Waals surface area contributed by atoms with Crippen molar-refractivity contribution in [2.75, 3.05) is 7.11 Å². The molecule has 0 fully saturated rings. The van der Waals surface area contributed by atoms with Gasteiger partial charge in [0.1, 0.15) is 15.9 Å². The molecule has 1 rings (SSSR count). The van der Waals surface area contributed by atoms with Crippen LogP contribution < -0.4 is 5.56 Å². The quantitative estimate of drug-likeness (QED) is 0.906.